The van der Waals surface area contributed by atoms with Gasteiger partial charge in [0.25, 0.3) is 0 Å². The highest BCUT2D eigenvalue weighted by molar-refractivity contribution is 6.42. The first-order valence-electron chi connectivity index (χ1n) is 5.87. The van der Waals surface area contributed by atoms with Crippen LogP contribution in [-0.4, -0.2) is 23.5 Å². The number of nitrogens with one attached hydrogen (secondary N) is 2. The molecule has 0 spiro atoms. The molecular formula is C12H16Cl3N3O. The summed E-state index contributed by atoms with van der Waals surface area (Å²) >= 11 is 17.6. The molecule has 0 bridgehead atoms. The van der Waals surface area contributed by atoms with Crippen molar-refractivity contribution in [1.29, 1.82) is 0 Å². The lowest BCUT2D eigenvalue weighted by atomic mass is 10.2. The van der Waals surface area contributed by atoms with E-state index < -0.39 is 6.04 Å². The van der Waals surface area contributed by atoms with Crippen LogP contribution in [0, 0.1) is 5.92 Å². The fourth-order valence-corrected chi connectivity index (χ4v) is 1.83. The summed E-state index contributed by atoms with van der Waals surface area (Å²) in [7, 11) is 0. The third-order valence-electron chi connectivity index (χ3n) is 2.32. The molecule has 1 aromatic rings. The second kappa shape index (κ2) is 7.17. The Kier molecular flexibility index (Phi) is 6.17. The van der Waals surface area contributed by atoms with Gasteiger partial charge in [0.05, 0.1) is 10.0 Å². The number of anilines is 1. The standard InChI is InChI=1S/C12H16Cl3N3O/c1-6(2)5-16-12(19)7(3)17-11-9(14)4-8(13)10(15)18-11/h4,6-7H,5H2,1-3H3,(H,16,19)(H,17,18). The predicted molar refractivity (Wildman–Crippen MR) is 80.2 cm³/mol. The van der Waals surface area contributed by atoms with E-state index in [0.29, 0.717) is 23.3 Å². The van der Waals surface area contributed by atoms with Gasteiger partial charge < -0.3 is 10.6 Å². The van der Waals surface area contributed by atoms with Crippen molar-refractivity contribution in [3.8, 4) is 0 Å². The van der Waals surface area contributed by atoms with Crippen molar-refractivity contribution >= 4 is 46.5 Å². The van der Waals surface area contributed by atoms with Crippen LogP contribution in [-0.2, 0) is 4.79 Å². The molecule has 7 heteroatoms. The smallest absolute Gasteiger partial charge is 0.242 e. The molecule has 0 fully saturated rings. The number of halogens is 3. The Morgan fingerprint density at radius 3 is 2.47 bits per heavy atom. The van der Waals surface area contributed by atoms with Gasteiger partial charge in [0.2, 0.25) is 5.91 Å². The van der Waals surface area contributed by atoms with Gasteiger partial charge in [-0.1, -0.05) is 48.7 Å². The van der Waals surface area contributed by atoms with E-state index in [9.17, 15) is 4.79 Å². The highest BCUT2D eigenvalue weighted by Crippen LogP contribution is 2.29. The minimum Gasteiger partial charge on any atom is -0.357 e. The van der Waals surface area contributed by atoms with E-state index in [2.05, 4.69) is 15.6 Å². The molecule has 1 aromatic heterocycles. The lowest BCUT2D eigenvalue weighted by Gasteiger charge is -2.16. The summed E-state index contributed by atoms with van der Waals surface area (Å²) in [5.74, 6) is 0.601. The molecule has 0 aliphatic rings. The van der Waals surface area contributed by atoms with Crippen LogP contribution in [0.3, 0.4) is 0 Å². The maximum atomic E-state index is 11.8. The Hall–Kier alpha value is -0.710. The molecule has 1 unspecified atom stereocenters. The largest absolute Gasteiger partial charge is 0.357 e. The van der Waals surface area contributed by atoms with Gasteiger partial charge in [0, 0.05) is 6.54 Å². The van der Waals surface area contributed by atoms with Crippen LogP contribution in [0.2, 0.25) is 15.2 Å². The summed E-state index contributed by atoms with van der Waals surface area (Å²) in [4.78, 5) is 15.8. The fraction of sp³-hybridized carbons (Fsp3) is 0.500. The molecule has 19 heavy (non-hydrogen) atoms. The summed E-state index contributed by atoms with van der Waals surface area (Å²) in [6, 6.07) is 1.01. The van der Waals surface area contributed by atoms with Gasteiger partial charge in [-0.3, -0.25) is 4.79 Å². The number of hydrogen-bond donors (Lipinski definition) is 2. The van der Waals surface area contributed by atoms with Crippen molar-refractivity contribution in [1.82, 2.24) is 10.3 Å². The van der Waals surface area contributed by atoms with Gasteiger partial charge in [-0.25, -0.2) is 4.98 Å². The number of hydrogen-bond acceptors (Lipinski definition) is 3. The first-order chi connectivity index (χ1) is 8.81. The lowest BCUT2D eigenvalue weighted by Crippen LogP contribution is -2.39. The summed E-state index contributed by atoms with van der Waals surface area (Å²) in [6.45, 7) is 6.38. The minimum absolute atomic E-state index is 0.127. The van der Waals surface area contributed by atoms with Crippen LogP contribution in [0.4, 0.5) is 5.82 Å². The van der Waals surface area contributed by atoms with Crippen LogP contribution in [0.5, 0.6) is 0 Å². The van der Waals surface area contributed by atoms with E-state index in [0.717, 1.165) is 0 Å². The van der Waals surface area contributed by atoms with E-state index in [1.54, 1.807) is 6.92 Å². The third kappa shape index (κ3) is 5.05. The van der Waals surface area contributed by atoms with Gasteiger partial charge in [0.1, 0.15) is 17.0 Å². The number of rotatable bonds is 5. The zero-order valence-electron chi connectivity index (χ0n) is 10.9. The van der Waals surface area contributed by atoms with E-state index in [1.807, 2.05) is 13.8 Å². The SMILES string of the molecule is CC(C)CNC(=O)C(C)Nc1nc(Cl)c(Cl)cc1Cl. The van der Waals surface area contributed by atoms with E-state index in [1.165, 1.54) is 6.07 Å². The predicted octanol–water partition coefficient (Wildman–Crippen LogP) is 3.61. The number of aromatic nitrogens is 1. The Morgan fingerprint density at radius 1 is 1.26 bits per heavy atom. The normalized spacial score (nSPS) is 12.4. The maximum Gasteiger partial charge on any atom is 0.242 e. The summed E-state index contributed by atoms with van der Waals surface area (Å²) in [5.41, 5.74) is 0. The highest BCUT2D eigenvalue weighted by Gasteiger charge is 2.16. The molecule has 1 heterocycles. The van der Waals surface area contributed by atoms with Gasteiger partial charge in [-0.15, -0.1) is 0 Å². The van der Waals surface area contributed by atoms with Crippen LogP contribution in [0.25, 0.3) is 0 Å². The average Bonchev–Trinajstić information content (AvgIpc) is 2.32. The van der Waals surface area contributed by atoms with Crippen molar-refractivity contribution in [3.63, 3.8) is 0 Å². The molecule has 1 rings (SSSR count). The Morgan fingerprint density at radius 2 is 1.89 bits per heavy atom. The van der Waals surface area contributed by atoms with E-state index in [4.69, 9.17) is 34.8 Å². The first kappa shape index (κ1) is 16.3. The van der Waals surface area contributed by atoms with E-state index in [-0.39, 0.29) is 16.1 Å². The summed E-state index contributed by atoms with van der Waals surface area (Å²) in [5, 5.41) is 6.45. The van der Waals surface area contributed by atoms with Crippen molar-refractivity contribution in [2.24, 2.45) is 5.92 Å². The molecule has 0 saturated heterocycles. The molecular weight excluding hydrogens is 309 g/mol. The second-order valence-corrected chi connectivity index (χ2v) is 5.77. The van der Waals surface area contributed by atoms with Crippen molar-refractivity contribution < 1.29 is 4.79 Å². The van der Waals surface area contributed by atoms with Gasteiger partial charge in [-0.05, 0) is 18.9 Å². The zero-order chi connectivity index (χ0) is 14.6. The number of nitrogens with zero attached hydrogens (tertiary/aromatic N) is 1. The molecule has 106 valence electrons. The molecule has 0 aliphatic heterocycles. The third-order valence-corrected chi connectivity index (χ3v) is 3.28. The molecule has 4 nitrogen and oxygen atoms in total. The lowest BCUT2D eigenvalue weighted by molar-refractivity contribution is -0.121. The van der Waals surface area contributed by atoms with Gasteiger partial charge in [-0.2, -0.15) is 0 Å². The Labute approximate surface area is 127 Å². The first-order valence-corrected chi connectivity index (χ1v) is 7.00. The maximum absolute atomic E-state index is 11.8. The molecule has 0 saturated carbocycles. The van der Waals surface area contributed by atoms with Crippen molar-refractivity contribution in [2.75, 3.05) is 11.9 Å². The van der Waals surface area contributed by atoms with Gasteiger partial charge >= 0.3 is 0 Å². The molecule has 2 N–H and O–H groups in total. The monoisotopic (exact) mass is 323 g/mol. The zero-order valence-corrected chi connectivity index (χ0v) is 13.2. The van der Waals surface area contributed by atoms with Crippen molar-refractivity contribution in [2.45, 2.75) is 26.8 Å². The fourth-order valence-electron chi connectivity index (χ4n) is 1.27. The minimum atomic E-state index is -0.471. The molecule has 0 aliphatic carbocycles. The van der Waals surface area contributed by atoms with Crippen LogP contribution < -0.4 is 10.6 Å². The van der Waals surface area contributed by atoms with E-state index >= 15 is 0 Å². The summed E-state index contributed by atoms with van der Waals surface area (Å²) in [6.07, 6.45) is 0. The molecule has 1 amide bonds. The Bertz CT molecular complexity index is 466. The quantitative estimate of drug-likeness (QED) is 0.813. The Balaban J connectivity index is 2.69. The topological polar surface area (TPSA) is 54.0 Å². The molecule has 0 radical (unpaired) electrons. The number of carbonyl (C=O) groups excluding carboxylic acids is 1. The molecule has 0 aromatic carbocycles. The van der Waals surface area contributed by atoms with Crippen LogP contribution >= 0.6 is 34.8 Å². The molecule has 1 atom stereocenters. The number of carbonyl (C=O) groups is 1. The highest BCUT2D eigenvalue weighted by atomic mass is 35.5. The van der Waals surface area contributed by atoms with Crippen LogP contribution in [0.1, 0.15) is 20.8 Å². The van der Waals surface area contributed by atoms with Gasteiger partial charge in [0.15, 0.2) is 0 Å². The average molecular weight is 325 g/mol. The van der Waals surface area contributed by atoms with Crippen LogP contribution in [0.15, 0.2) is 6.07 Å². The second-order valence-electron chi connectivity index (χ2n) is 4.60. The van der Waals surface area contributed by atoms with Crippen molar-refractivity contribution in [3.05, 3.63) is 21.3 Å². The number of amides is 1. The number of pyridine rings is 1. The summed E-state index contributed by atoms with van der Waals surface area (Å²) < 4.78 is 0.